The first-order chi connectivity index (χ1) is 15.1. The second kappa shape index (κ2) is 9.34. The molecule has 1 aliphatic heterocycles. The van der Waals surface area contributed by atoms with E-state index >= 15 is 0 Å². The summed E-state index contributed by atoms with van der Waals surface area (Å²) in [6.45, 7) is 10.5. The molecular weight excluding hydrogens is 416 g/mol. The molecule has 4 rings (SSSR count). The number of benzene rings is 2. The molecule has 31 heavy (non-hydrogen) atoms. The van der Waals surface area contributed by atoms with Crippen LogP contribution in [0.1, 0.15) is 25.3 Å². The Labute approximate surface area is 185 Å². The van der Waals surface area contributed by atoms with E-state index < -0.39 is 0 Å². The van der Waals surface area contributed by atoms with E-state index in [1.807, 2.05) is 6.92 Å². The summed E-state index contributed by atoms with van der Waals surface area (Å²) in [5.41, 5.74) is 1.81. The molecule has 1 saturated heterocycles. The van der Waals surface area contributed by atoms with Gasteiger partial charge >= 0.3 is 0 Å². The van der Waals surface area contributed by atoms with Gasteiger partial charge in [0.2, 0.25) is 5.69 Å². The molecule has 1 aromatic heterocycles. The third-order valence-electron chi connectivity index (χ3n) is 5.16. The molecule has 1 atom stereocenters. The number of carbonyl (C=O) groups excluding carboxylic acids is 1. The summed E-state index contributed by atoms with van der Waals surface area (Å²) in [5.74, 6) is 1.70. The van der Waals surface area contributed by atoms with Gasteiger partial charge in [-0.25, -0.2) is 4.85 Å². The second-order valence-electron chi connectivity index (χ2n) is 7.27. The molecule has 7 heteroatoms. The van der Waals surface area contributed by atoms with Gasteiger partial charge in [0.05, 0.1) is 18.2 Å². The third kappa shape index (κ3) is 4.79. The Balaban J connectivity index is 1.60. The van der Waals surface area contributed by atoms with Crippen LogP contribution in [0.3, 0.4) is 0 Å². The number of hydrogen-bond donors (Lipinski definition) is 0. The molecule has 0 amide bonds. The average Bonchev–Trinajstić information content (AvgIpc) is 2.74. The predicted molar refractivity (Wildman–Crippen MR) is 118 cm³/mol. The number of aromatic nitrogens is 1. The van der Waals surface area contributed by atoms with Gasteiger partial charge in [-0.2, -0.15) is 0 Å². The topological polar surface area (TPSA) is 62.0 Å². The molecular formula is C24H21ClN2O4. The van der Waals surface area contributed by atoms with E-state index in [-0.39, 0.29) is 11.9 Å². The Morgan fingerprint density at radius 2 is 2.13 bits per heavy atom. The molecule has 0 bridgehead atoms. The van der Waals surface area contributed by atoms with E-state index in [0.717, 1.165) is 18.6 Å². The number of carbonyl (C=O) groups is 1. The van der Waals surface area contributed by atoms with Crippen LogP contribution in [0.2, 0.25) is 5.02 Å². The van der Waals surface area contributed by atoms with Crippen molar-refractivity contribution in [2.45, 2.75) is 32.3 Å². The Kier molecular flexibility index (Phi) is 6.36. The van der Waals surface area contributed by atoms with Crippen molar-refractivity contribution in [2.75, 3.05) is 13.2 Å². The van der Waals surface area contributed by atoms with Crippen LogP contribution in [0.5, 0.6) is 17.2 Å². The maximum atomic E-state index is 11.7. The van der Waals surface area contributed by atoms with Gasteiger partial charge < -0.3 is 14.2 Å². The molecule has 0 aliphatic carbocycles. The minimum absolute atomic E-state index is 0.0808. The van der Waals surface area contributed by atoms with Gasteiger partial charge in [0.25, 0.3) is 0 Å². The van der Waals surface area contributed by atoms with E-state index in [9.17, 15) is 4.79 Å². The Hall–Kier alpha value is -3.14. The van der Waals surface area contributed by atoms with E-state index in [0.29, 0.717) is 58.3 Å². The average molecular weight is 437 g/mol. The van der Waals surface area contributed by atoms with Crippen LogP contribution in [0.25, 0.3) is 15.7 Å². The van der Waals surface area contributed by atoms with Gasteiger partial charge in [0.1, 0.15) is 29.6 Å². The molecule has 0 unspecified atom stereocenters. The third-order valence-corrected chi connectivity index (χ3v) is 5.51. The maximum absolute atomic E-state index is 11.7. The van der Waals surface area contributed by atoms with Crippen molar-refractivity contribution in [1.29, 1.82) is 0 Å². The molecule has 0 N–H and O–H groups in total. The van der Waals surface area contributed by atoms with E-state index in [4.69, 9.17) is 32.4 Å². The Morgan fingerprint density at radius 3 is 2.81 bits per heavy atom. The van der Waals surface area contributed by atoms with Crippen LogP contribution in [0, 0.1) is 6.57 Å². The van der Waals surface area contributed by atoms with E-state index in [1.165, 1.54) is 0 Å². The second-order valence-corrected chi connectivity index (χ2v) is 7.68. The lowest BCUT2D eigenvalue weighted by atomic mass is 10.1. The highest BCUT2D eigenvalue weighted by molar-refractivity contribution is 6.31. The lowest BCUT2D eigenvalue weighted by Crippen LogP contribution is -2.32. The van der Waals surface area contributed by atoms with Gasteiger partial charge in [-0.3, -0.25) is 9.78 Å². The van der Waals surface area contributed by atoms with Crippen molar-refractivity contribution < 1.29 is 19.0 Å². The largest absolute Gasteiger partial charge is 0.502 e. The minimum Gasteiger partial charge on any atom is -0.502 e. The summed E-state index contributed by atoms with van der Waals surface area (Å²) in [6.07, 6.45) is 3.46. The van der Waals surface area contributed by atoms with Gasteiger partial charge in [0, 0.05) is 42.5 Å². The smallest absolute Gasteiger partial charge is 0.229 e. The van der Waals surface area contributed by atoms with Crippen LogP contribution < -0.4 is 9.47 Å². The first-order valence-electron chi connectivity index (χ1n) is 10.1. The molecule has 0 radical (unpaired) electrons. The summed E-state index contributed by atoms with van der Waals surface area (Å²) in [6, 6.07) is 10.5. The molecule has 1 fully saturated rings. The van der Waals surface area contributed by atoms with Crippen LogP contribution in [0.4, 0.5) is 5.69 Å². The molecule has 0 saturated carbocycles. The summed E-state index contributed by atoms with van der Waals surface area (Å²) >= 11 is 6.35. The zero-order valence-electron chi connectivity index (χ0n) is 17.1. The predicted octanol–water partition coefficient (Wildman–Crippen LogP) is 5.92. The van der Waals surface area contributed by atoms with Crippen molar-refractivity contribution in [2.24, 2.45) is 0 Å². The van der Waals surface area contributed by atoms with Gasteiger partial charge in [0.15, 0.2) is 0 Å². The number of pyridine rings is 1. The summed E-state index contributed by atoms with van der Waals surface area (Å²) in [4.78, 5) is 19.7. The van der Waals surface area contributed by atoms with Crippen LogP contribution in [-0.2, 0) is 16.0 Å². The minimum atomic E-state index is 0.0808. The lowest BCUT2D eigenvalue weighted by molar-refractivity contribution is -0.118. The van der Waals surface area contributed by atoms with Crippen molar-refractivity contribution >= 4 is 34.0 Å². The summed E-state index contributed by atoms with van der Waals surface area (Å²) in [5, 5.41) is 1.18. The van der Waals surface area contributed by atoms with Gasteiger partial charge in [-0.15, -0.1) is 0 Å². The zero-order chi connectivity index (χ0) is 21.8. The number of hydrogen-bond acceptors (Lipinski definition) is 5. The normalized spacial score (nSPS) is 15.2. The number of ketones is 1. The molecule has 2 aromatic carbocycles. The highest BCUT2D eigenvalue weighted by Gasteiger charge is 2.20. The molecule has 6 nitrogen and oxygen atoms in total. The van der Waals surface area contributed by atoms with E-state index in [2.05, 4.69) is 9.83 Å². The number of ether oxygens (including phenoxy) is 3. The monoisotopic (exact) mass is 436 g/mol. The number of nitrogens with zero attached hydrogens (tertiary/aromatic N) is 2. The first-order valence-corrected chi connectivity index (χ1v) is 10.5. The SMILES string of the molecule is [C-]#[N+]c1cc2c(Oc3ccc(CC(=O)CC)c(Cl)c3)ccnc2cc1OC[C@H]1CCO1. The van der Waals surface area contributed by atoms with Crippen molar-refractivity contribution in [3.05, 3.63) is 64.6 Å². The Bertz CT molecular complexity index is 1170. The molecule has 3 aromatic rings. The highest BCUT2D eigenvalue weighted by atomic mass is 35.5. The number of halogens is 1. The van der Waals surface area contributed by atoms with Crippen molar-refractivity contribution in [3.63, 3.8) is 0 Å². The number of fused-ring (bicyclic) bond motifs is 1. The van der Waals surface area contributed by atoms with Gasteiger partial charge in [-0.05, 0) is 35.9 Å². The van der Waals surface area contributed by atoms with Crippen molar-refractivity contribution in [3.8, 4) is 17.2 Å². The fourth-order valence-electron chi connectivity index (χ4n) is 3.23. The molecule has 158 valence electrons. The summed E-state index contributed by atoms with van der Waals surface area (Å²) < 4.78 is 17.2. The maximum Gasteiger partial charge on any atom is 0.229 e. The van der Waals surface area contributed by atoms with Gasteiger partial charge in [-0.1, -0.05) is 24.6 Å². The van der Waals surface area contributed by atoms with Crippen LogP contribution >= 0.6 is 11.6 Å². The van der Waals surface area contributed by atoms with Crippen LogP contribution in [0.15, 0.2) is 42.6 Å². The summed E-state index contributed by atoms with van der Waals surface area (Å²) in [7, 11) is 0. The molecule has 0 spiro atoms. The highest BCUT2D eigenvalue weighted by Crippen LogP contribution is 2.38. The molecule has 1 aliphatic rings. The molecule has 2 heterocycles. The standard InChI is InChI=1S/C24H21ClN2O4/c1-3-16(28)10-15-4-5-17(11-20(15)25)31-23-6-8-27-21-13-24(22(26-2)12-19(21)23)30-14-18-7-9-29-18/h4-6,8,11-13,18H,3,7,9-10,14H2,1H3/t18-/m1/s1. The fraction of sp³-hybridized carbons (Fsp3) is 0.292. The number of Topliss-reactive ketones (excluding diaryl/α,β-unsaturated/α-hetero) is 1. The Morgan fingerprint density at radius 1 is 1.29 bits per heavy atom. The van der Waals surface area contributed by atoms with Crippen molar-refractivity contribution in [1.82, 2.24) is 4.98 Å². The first kappa shape index (κ1) is 21.1. The lowest BCUT2D eigenvalue weighted by Gasteiger charge is -2.26. The van der Waals surface area contributed by atoms with E-state index in [1.54, 1.807) is 42.6 Å². The van der Waals surface area contributed by atoms with Crippen LogP contribution in [-0.4, -0.2) is 30.1 Å². The quantitative estimate of drug-likeness (QED) is 0.410. The zero-order valence-corrected chi connectivity index (χ0v) is 17.8. The number of rotatable bonds is 8. The fourth-order valence-corrected chi connectivity index (χ4v) is 3.46.